The fourth-order valence-electron chi connectivity index (χ4n) is 3.53. The van der Waals surface area contributed by atoms with E-state index >= 15 is 0 Å². The minimum atomic E-state index is -0.281. The molecule has 1 saturated heterocycles. The number of fused-ring (bicyclic) bond motifs is 1. The third-order valence-electron chi connectivity index (χ3n) is 5.57. The van der Waals surface area contributed by atoms with Gasteiger partial charge < -0.3 is 9.80 Å². The van der Waals surface area contributed by atoms with Crippen LogP contribution in [0.25, 0.3) is 10.9 Å². The highest BCUT2D eigenvalue weighted by Crippen LogP contribution is 2.27. The van der Waals surface area contributed by atoms with Gasteiger partial charge in [-0.25, -0.2) is 4.98 Å². The summed E-state index contributed by atoms with van der Waals surface area (Å²) < 4.78 is 1.76. The molecule has 0 unspecified atom stereocenters. The van der Waals surface area contributed by atoms with E-state index in [0.717, 1.165) is 39.1 Å². The van der Waals surface area contributed by atoms with Gasteiger partial charge in [0.2, 0.25) is 5.91 Å². The van der Waals surface area contributed by atoms with Crippen molar-refractivity contribution < 1.29 is 4.79 Å². The van der Waals surface area contributed by atoms with Gasteiger partial charge in [-0.15, -0.1) is 0 Å². The monoisotopic (exact) mass is 402 g/mol. The van der Waals surface area contributed by atoms with Crippen molar-refractivity contribution in [3.05, 3.63) is 34.6 Å². The number of rotatable bonds is 6. The van der Waals surface area contributed by atoms with Gasteiger partial charge in [-0.3, -0.25) is 14.2 Å². The maximum atomic E-state index is 13.1. The number of likely N-dealkylation sites (N-methyl/N-ethyl adjacent to an activating group) is 1. The first kappa shape index (κ1) is 20.9. The average Bonchev–Trinajstić information content (AvgIpc) is 2.73. The Kier molecular flexibility index (Phi) is 6.78. The molecule has 2 heterocycles. The molecular formula is C21H30N4O2S. The lowest BCUT2D eigenvalue weighted by atomic mass is 10.2. The highest BCUT2D eigenvalue weighted by molar-refractivity contribution is 8.00. The molecule has 1 fully saturated rings. The van der Waals surface area contributed by atoms with Gasteiger partial charge in [0.05, 0.1) is 16.2 Å². The van der Waals surface area contributed by atoms with Crippen molar-refractivity contribution in [3.63, 3.8) is 0 Å². The van der Waals surface area contributed by atoms with Gasteiger partial charge in [-0.05, 0) is 38.9 Å². The fraction of sp³-hybridized carbons (Fsp3) is 0.571. The van der Waals surface area contributed by atoms with Crippen LogP contribution in [0.1, 0.15) is 40.2 Å². The van der Waals surface area contributed by atoms with Crippen molar-refractivity contribution in [2.75, 3.05) is 32.7 Å². The number of carbonyl (C=O) groups is 1. The molecule has 0 saturated carbocycles. The zero-order chi connectivity index (χ0) is 20.3. The van der Waals surface area contributed by atoms with Crippen LogP contribution in [0.4, 0.5) is 0 Å². The molecule has 1 aliphatic heterocycles. The molecule has 0 radical (unpaired) electrons. The second-order valence-electron chi connectivity index (χ2n) is 7.36. The molecule has 1 aromatic heterocycles. The average molecular weight is 403 g/mol. The van der Waals surface area contributed by atoms with Crippen LogP contribution >= 0.6 is 11.8 Å². The van der Waals surface area contributed by atoms with Crippen molar-refractivity contribution in [2.45, 2.75) is 50.6 Å². The molecule has 2 aromatic rings. The molecule has 1 aliphatic rings. The van der Waals surface area contributed by atoms with Crippen molar-refractivity contribution in [1.29, 1.82) is 0 Å². The maximum absolute atomic E-state index is 13.1. The van der Waals surface area contributed by atoms with Crippen molar-refractivity contribution in [2.24, 2.45) is 0 Å². The topological polar surface area (TPSA) is 58.4 Å². The Morgan fingerprint density at radius 1 is 1.14 bits per heavy atom. The summed E-state index contributed by atoms with van der Waals surface area (Å²) in [7, 11) is 0. The van der Waals surface area contributed by atoms with Crippen LogP contribution in [0.5, 0.6) is 0 Å². The molecule has 0 spiro atoms. The number of nitrogens with zero attached hydrogens (tertiary/aromatic N) is 4. The molecule has 7 heteroatoms. The summed E-state index contributed by atoms with van der Waals surface area (Å²) in [6.45, 7) is 12.5. The van der Waals surface area contributed by atoms with E-state index in [2.05, 4.69) is 18.7 Å². The molecule has 152 valence electrons. The SMILES string of the molecule is CC[C@@H](C)n1c(S[C@@H](C)C(=O)N2CCN(CC)CC2)nc2ccccc2c1=O. The van der Waals surface area contributed by atoms with E-state index in [0.29, 0.717) is 16.1 Å². The number of piperazine rings is 1. The molecule has 28 heavy (non-hydrogen) atoms. The minimum absolute atomic E-state index is 0.0290. The van der Waals surface area contributed by atoms with E-state index in [1.54, 1.807) is 4.57 Å². The maximum Gasteiger partial charge on any atom is 0.262 e. The number of thioether (sulfide) groups is 1. The molecule has 6 nitrogen and oxygen atoms in total. The normalized spacial score (nSPS) is 17.6. The van der Waals surface area contributed by atoms with Gasteiger partial charge in [-0.2, -0.15) is 0 Å². The molecule has 1 aromatic carbocycles. The third kappa shape index (κ3) is 4.25. The third-order valence-corrected chi connectivity index (χ3v) is 6.62. The number of carbonyl (C=O) groups excluding carboxylic acids is 1. The van der Waals surface area contributed by atoms with E-state index < -0.39 is 0 Å². The van der Waals surface area contributed by atoms with Crippen molar-refractivity contribution in [1.82, 2.24) is 19.4 Å². The lowest BCUT2D eigenvalue weighted by Crippen LogP contribution is -2.50. The summed E-state index contributed by atoms with van der Waals surface area (Å²) >= 11 is 1.40. The van der Waals surface area contributed by atoms with Crippen molar-refractivity contribution in [3.8, 4) is 0 Å². The van der Waals surface area contributed by atoms with Crippen LogP contribution < -0.4 is 5.56 Å². The summed E-state index contributed by atoms with van der Waals surface area (Å²) in [6.07, 6.45) is 0.828. The molecule has 0 aliphatic carbocycles. The van der Waals surface area contributed by atoms with Gasteiger partial charge >= 0.3 is 0 Å². The fourth-order valence-corrected chi connectivity index (χ4v) is 4.62. The molecular weight excluding hydrogens is 372 g/mol. The van der Waals surface area contributed by atoms with Crippen molar-refractivity contribution >= 4 is 28.6 Å². The van der Waals surface area contributed by atoms with Crippen LogP contribution in [0.3, 0.4) is 0 Å². The number of hydrogen-bond donors (Lipinski definition) is 0. The summed E-state index contributed by atoms with van der Waals surface area (Å²) in [5, 5.41) is 0.976. The first-order valence-corrected chi connectivity index (χ1v) is 11.0. The zero-order valence-corrected chi connectivity index (χ0v) is 18.0. The molecule has 3 rings (SSSR count). The molecule has 2 atom stereocenters. The standard InChI is InChI=1S/C21H30N4O2S/c1-5-15(3)25-20(27)17-9-7-8-10-18(17)22-21(25)28-16(4)19(26)24-13-11-23(6-2)12-14-24/h7-10,15-16H,5-6,11-14H2,1-4H3/t15-,16+/m1/s1. The largest absolute Gasteiger partial charge is 0.339 e. The van der Waals surface area contributed by atoms with Gasteiger partial charge in [0.15, 0.2) is 5.16 Å². The van der Waals surface area contributed by atoms with Gasteiger partial charge in [-0.1, -0.05) is 37.7 Å². The number of hydrogen-bond acceptors (Lipinski definition) is 5. The predicted molar refractivity (Wildman–Crippen MR) is 115 cm³/mol. The molecule has 0 N–H and O–H groups in total. The summed E-state index contributed by atoms with van der Waals surface area (Å²) in [6, 6.07) is 7.46. The molecule has 0 bridgehead atoms. The van der Waals surface area contributed by atoms with E-state index in [4.69, 9.17) is 4.98 Å². The van der Waals surface area contributed by atoms with Crippen LogP contribution in [0.2, 0.25) is 0 Å². The summed E-state index contributed by atoms with van der Waals surface area (Å²) in [5.74, 6) is 0.124. The van der Waals surface area contributed by atoms with Crippen LogP contribution in [-0.4, -0.2) is 63.2 Å². The zero-order valence-electron chi connectivity index (χ0n) is 17.2. The first-order valence-electron chi connectivity index (χ1n) is 10.1. The van der Waals surface area contributed by atoms with Crippen LogP contribution in [0, 0.1) is 0 Å². The van der Waals surface area contributed by atoms with Crippen LogP contribution in [0.15, 0.2) is 34.2 Å². The summed E-state index contributed by atoms with van der Waals surface area (Å²) in [5.41, 5.74) is 0.657. The second kappa shape index (κ2) is 9.09. The Bertz CT molecular complexity index is 890. The highest BCUT2D eigenvalue weighted by atomic mass is 32.2. The number of aromatic nitrogens is 2. The lowest BCUT2D eigenvalue weighted by Gasteiger charge is -2.35. The van der Waals surface area contributed by atoms with Gasteiger partial charge in [0.1, 0.15) is 0 Å². The Morgan fingerprint density at radius 2 is 1.82 bits per heavy atom. The smallest absolute Gasteiger partial charge is 0.262 e. The number of benzene rings is 1. The predicted octanol–water partition coefficient (Wildman–Crippen LogP) is 3.01. The lowest BCUT2D eigenvalue weighted by molar-refractivity contribution is -0.132. The quantitative estimate of drug-likeness (QED) is 0.549. The highest BCUT2D eigenvalue weighted by Gasteiger charge is 2.27. The van der Waals surface area contributed by atoms with E-state index in [1.807, 2.05) is 43.0 Å². The van der Waals surface area contributed by atoms with E-state index in [9.17, 15) is 9.59 Å². The van der Waals surface area contributed by atoms with Crippen LogP contribution in [-0.2, 0) is 4.79 Å². The molecule has 1 amide bonds. The van der Waals surface area contributed by atoms with E-state index in [-0.39, 0.29) is 22.8 Å². The minimum Gasteiger partial charge on any atom is -0.339 e. The Hall–Kier alpha value is -1.86. The second-order valence-corrected chi connectivity index (χ2v) is 8.67. The Labute approximate surface area is 170 Å². The van der Waals surface area contributed by atoms with Gasteiger partial charge in [0, 0.05) is 32.2 Å². The Morgan fingerprint density at radius 3 is 2.46 bits per heavy atom. The number of amides is 1. The first-order chi connectivity index (χ1) is 13.5. The van der Waals surface area contributed by atoms with Gasteiger partial charge in [0.25, 0.3) is 5.56 Å². The van der Waals surface area contributed by atoms with E-state index in [1.165, 1.54) is 11.8 Å². The Balaban J connectivity index is 1.86. The number of para-hydroxylation sites is 1. The summed E-state index contributed by atoms with van der Waals surface area (Å²) in [4.78, 5) is 35.1.